The van der Waals surface area contributed by atoms with E-state index in [4.69, 9.17) is 11.6 Å². The Morgan fingerprint density at radius 2 is 1.83 bits per heavy atom. The van der Waals surface area contributed by atoms with Crippen molar-refractivity contribution in [2.75, 3.05) is 5.21 Å². The molecule has 0 radical (unpaired) electrons. The van der Waals surface area contributed by atoms with Crippen LogP contribution in [0.15, 0.2) is 0 Å². The Kier molecular flexibility index (Phi) is 2.25. The van der Waals surface area contributed by atoms with E-state index < -0.39 is 14.1 Å². The van der Waals surface area contributed by atoms with Crippen LogP contribution in [0.5, 0.6) is 0 Å². The first-order valence-electron chi connectivity index (χ1n) is 1.07. The van der Waals surface area contributed by atoms with Crippen LogP contribution in [-0.2, 0) is 8.87 Å². The van der Waals surface area contributed by atoms with Gasteiger partial charge >= 0.3 is 0 Å². The van der Waals surface area contributed by atoms with E-state index in [-0.39, 0.29) is 0 Å². The minimum Gasteiger partial charge on any atom is -0.216 e. The molecule has 0 aromatic rings. The molecule has 0 bridgehead atoms. The number of hydrogen-bond donors (Lipinski definition) is 1. The van der Waals surface area contributed by atoms with Crippen molar-refractivity contribution in [2.45, 2.75) is 0 Å². The fraction of sp³-hybridized carbons (Fsp3) is 1.00. The number of hydrogen-bond acceptors (Lipinski definition) is 2. The molecule has 0 atom stereocenters. The molecule has 0 aromatic heterocycles. The molecule has 0 aliphatic heterocycles. The standard InChI is InChI=1S/CH3ClO2S2/c2-1-6(3,4)5/h1H2,(H,3,4,5). The fourth-order valence-corrected chi connectivity index (χ4v) is 0. The molecule has 0 aliphatic carbocycles. The van der Waals surface area contributed by atoms with Crippen molar-refractivity contribution in [1.82, 2.24) is 0 Å². The van der Waals surface area contributed by atoms with E-state index in [1.165, 1.54) is 0 Å². The zero-order chi connectivity index (χ0) is 5.21. The lowest BCUT2D eigenvalue weighted by atomic mass is 11.9. The Balaban J connectivity index is 3.85. The van der Waals surface area contributed by atoms with Crippen LogP contribution in [0.1, 0.15) is 0 Å². The molecule has 0 aliphatic rings. The van der Waals surface area contributed by atoms with Gasteiger partial charge in [-0.25, -0.2) is 8.42 Å². The molecule has 0 unspecified atom stereocenters. The lowest BCUT2D eigenvalue weighted by Gasteiger charge is -1.77. The van der Waals surface area contributed by atoms with Crippen LogP contribution in [0.25, 0.3) is 0 Å². The van der Waals surface area contributed by atoms with Gasteiger partial charge in [0.1, 0.15) is 5.21 Å². The first kappa shape index (κ1) is 6.59. The van der Waals surface area contributed by atoms with E-state index >= 15 is 0 Å². The number of halogens is 1. The van der Waals surface area contributed by atoms with Crippen molar-refractivity contribution in [3.8, 4) is 0 Å². The molecule has 0 saturated carbocycles. The van der Waals surface area contributed by atoms with Gasteiger partial charge in [0.2, 0.25) is 8.87 Å². The average Bonchev–Trinajstić information content (AvgIpc) is 1.35. The normalized spacial score (nSPS) is 11.7. The number of thiol groups is 1. The van der Waals surface area contributed by atoms with Crippen LogP contribution in [0.4, 0.5) is 0 Å². The minimum atomic E-state index is -3.20. The predicted octanol–water partition coefficient (Wildman–Crippen LogP) is 0.442. The first-order chi connectivity index (χ1) is 2.56. The van der Waals surface area contributed by atoms with Crippen molar-refractivity contribution in [3.05, 3.63) is 0 Å². The van der Waals surface area contributed by atoms with Gasteiger partial charge in [0, 0.05) is 0 Å². The number of alkyl halides is 1. The maximum Gasteiger partial charge on any atom is 0.212 e. The Hall–Kier alpha value is 0.590. The van der Waals surface area contributed by atoms with E-state index in [2.05, 4.69) is 11.7 Å². The van der Waals surface area contributed by atoms with Crippen molar-refractivity contribution in [1.29, 1.82) is 0 Å². The summed E-state index contributed by atoms with van der Waals surface area (Å²) in [4.78, 5) is 0. The summed E-state index contributed by atoms with van der Waals surface area (Å²) in [5, 5.41) is -0.421. The highest BCUT2D eigenvalue weighted by Gasteiger charge is 1.94. The molecule has 0 N–H and O–H groups in total. The van der Waals surface area contributed by atoms with E-state index in [1.807, 2.05) is 0 Å². The maximum absolute atomic E-state index is 9.73. The third kappa shape index (κ3) is 4.59. The Bertz CT molecular complexity index is 114. The zero-order valence-corrected chi connectivity index (χ0v) is 5.22. The second-order valence-electron chi connectivity index (χ2n) is 0.691. The molecule has 0 spiro atoms. The topological polar surface area (TPSA) is 34.1 Å². The highest BCUT2D eigenvalue weighted by molar-refractivity contribution is 8.63. The average molecular weight is 147 g/mol. The minimum absolute atomic E-state index is 0.421. The molecule has 0 heterocycles. The lowest BCUT2D eigenvalue weighted by molar-refractivity contribution is 0.615. The van der Waals surface area contributed by atoms with Crippen LogP contribution in [0.2, 0.25) is 0 Å². The van der Waals surface area contributed by atoms with Crippen LogP contribution in [-0.4, -0.2) is 13.6 Å². The Morgan fingerprint density at radius 1 is 1.67 bits per heavy atom. The second kappa shape index (κ2) is 2.04. The summed E-state index contributed by atoms with van der Waals surface area (Å²) >= 11 is 7.91. The number of rotatable bonds is 1. The molecule has 0 rings (SSSR count). The second-order valence-corrected chi connectivity index (χ2v) is 4.40. The van der Waals surface area contributed by atoms with E-state index in [0.717, 1.165) is 0 Å². The Labute approximate surface area is 46.2 Å². The molecular weight excluding hydrogens is 144 g/mol. The lowest BCUT2D eigenvalue weighted by Crippen LogP contribution is -1.85. The molecule has 0 fully saturated rings. The maximum atomic E-state index is 9.73. The molecular formula is CH3ClO2S2. The van der Waals surface area contributed by atoms with Crippen LogP contribution < -0.4 is 0 Å². The molecule has 38 valence electrons. The van der Waals surface area contributed by atoms with E-state index in [1.54, 1.807) is 0 Å². The van der Waals surface area contributed by atoms with E-state index in [0.29, 0.717) is 0 Å². The molecule has 0 aromatic carbocycles. The van der Waals surface area contributed by atoms with Gasteiger partial charge in [-0.3, -0.25) is 0 Å². The summed E-state index contributed by atoms with van der Waals surface area (Å²) in [7, 11) is -3.20. The van der Waals surface area contributed by atoms with Crippen LogP contribution >= 0.6 is 23.3 Å². The van der Waals surface area contributed by atoms with Gasteiger partial charge in [-0.2, -0.15) is 0 Å². The van der Waals surface area contributed by atoms with Crippen LogP contribution in [0, 0.1) is 0 Å². The largest absolute Gasteiger partial charge is 0.216 e. The molecule has 0 amide bonds. The van der Waals surface area contributed by atoms with Gasteiger partial charge in [0.15, 0.2) is 0 Å². The molecule has 0 saturated heterocycles. The van der Waals surface area contributed by atoms with Gasteiger partial charge in [0.05, 0.1) is 0 Å². The summed E-state index contributed by atoms with van der Waals surface area (Å²) in [6.45, 7) is 0. The van der Waals surface area contributed by atoms with Crippen molar-refractivity contribution in [3.63, 3.8) is 0 Å². The fourth-order valence-electron chi connectivity index (χ4n) is 0. The van der Waals surface area contributed by atoms with E-state index in [9.17, 15) is 8.42 Å². The van der Waals surface area contributed by atoms with Gasteiger partial charge in [-0.1, -0.05) is 0 Å². The van der Waals surface area contributed by atoms with Crippen molar-refractivity contribution >= 4 is 32.1 Å². The van der Waals surface area contributed by atoms with Gasteiger partial charge in [-0.15, -0.1) is 11.6 Å². The molecule has 5 heteroatoms. The summed E-state index contributed by atoms with van der Waals surface area (Å²) in [5.74, 6) is 0. The quantitative estimate of drug-likeness (QED) is 0.331. The zero-order valence-electron chi connectivity index (χ0n) is 2.76. The Morgan fingerprint density at radius 3 is 1.83 bits per heavy atom. The third-order valence-corrected chi connectivity index (χ3v) is 2.12. The highest BCUT2D eigenvalue weighted by Crippen LogP contribution is 1.95. The summed E-state index contributed by atoms with van der Waals surface area (Å²) in [6.07, 6.45) is 0. The van der Waals surface area contributed by atoms with Gasteiger partial charge in [-0.05, 0) is 11.7 Å². The summed E-state index contributed by atoms with van der Waals surface area (Å²) < 4.78 is 19.5. The first-order valence-corrected chi connectivity index (χ1v) is 4.31. The molecule has 2 nitrogen and oxygen atoms in total. The third-order valence-electron chi connectivity index (χ3n) is 0.138. The monoisotopic (exact) mass is 146 g/mol. The van der Waals surface area contributed by atoms with Crippen LogP contribution in [0.3, 0.4) is 0 Å². The predicted molar refractivity (Wildman–Crippen MR) is 28.6 cm³/mol. The highest BCUT2D eigenvalue weighted by atomic mass is 35.5. The summed E-state index contributed by atoms with van der Waals surface area (Å²) in [6, 6.07) is 0. The van der Waals surface area contributed by atoms with Crippen molar-refractivity contribution < 1.29 is 8.42 Å². The molecule has 6 heavy (non-hydrogen) atoms. The summed E-state index contributed by atoms with van der Waals surface area (Å²) in [5.41, 5.74) is 0. The van der Waals surface area contributed by atoms with Gasteiger partial charge in [0.25, 0.3) is 0 Å². The smallest absolute Gasteiger partial charge is 0.212 e. The van der Waals surface area contributed by atoms with Crippen molar-refractivity contribution in [2.24, 2.45) is 0 Å². The van der Waals surface area contributed by atoms with Gasteiger partial charge < -0.3 is 0 Å². The SMILES string of the molecule is O=S(=O)(S)CCl.